The van der Waals surface area contributed by atoms with Gasteiger partial charge in [0.25, 0.3) is 0 Å². The minimum Gasteiger partial charge on any atom is -0.372 e. The molecule has 1 aliphatic heterocycles. The van der Waals surface area contributed by atoms with Crippen molar-refractivity contribution in [1.29, 1.82) is 0 Å². The zero-order valence-electron chi connectivity index (χ0n) is 18.9. The molecule has 1 fully saturated rings. The first kappa shape index (κ1) is 21.3. The van der Waals surface area contributed by atoms with E-state index in [1.165, 1.54) is 36.8 Å². The van der Waals surface area contributed by atoms with E-state index in [0.29, 0.717) is 6.42 Å². The van der Waals surface area contributed by atoms with Crippen LogP contribution in [0.3, 0.4) is 0 Å². The quantitative estimate of drug-likeness (QED) is 0.682. The van der Waals surface area contributed by atoms with E-state index in [1.807, 2.05) is 13.8 Å². The fourth-order valence-corrected chi connectivity index (χ4v) is 5.85. The van der Waals surface area contributed by atoms with E-state index < -0.39 is 5.92 Å². The van der Waals surface area contributed by atoms with E-state index in [4.69, 9.17) is 0 Å². The van der Waals surface area contributed by atoms with E-state index in [-0.39, 0.29) is 35.1 Å². The molecule has 0 spiro atoms. The fraction of sp³-hybridized carbons (Fsp3) is 0.615. The Kier molecular flexibility index (Phi) is 5.89. The molecule has 0 radical (unpaired) electrons. The molecule has 0 bridgehead atoms. The lowest BCUT2D eigenvalue weighted by Crippen LogP contribution is -2.55. The highest BCUT2D eigenvalue weighted by atomic mass is 16.2. The number of nitrogens with one attached hydrogen (secondary N) is 2. The van der Waals surface area contributed by atoms with Gasteiger partial charge in [0, 0.05) is 22.7 Å². The van der Waals surface area contributed by atoms with Crippen LogP contribution in [0.25, 0.3) is 0 Å². The molecule has 4 atom stereocenters. The number of benzene rings is 1. The number of carbonyl (C=O) groups excluding carboxylic acids is 2. The van der Waals surface area contributed by atoms with Crippen LogP contribution in [-0.2, 0) is 16.0 Å². The van der Waals surface area contributed by atoms with Gasteiger partial charge in [-0.15, -0.1) is 0 Å². The standard InChI is InChI=1S/C26H36N2O2/c1-5-19-23(29)17(4)22-21(24(19)30)20(15-18-11-9-16(3)10-12-18)25(27-22)28-26(6-2)13-7-8-14-26/h9-12,17,19-20,25,27-28H,5-8,13-15H2,1-4H3. The summed E-state index contributed by atoms with van der Waals surface area (Å²) < 4.78 is 0. The van der Waals surface area contributed by atoms with E-state index >= 15 is 0 Å². The second-order valence-corrected chi connectivity index (χ2v) is 9.68. The summed E-state index contributed by atoms with van der Waals surface area (Å²) in [4.78, 5) is 26.3. The molecule has 1 heterocycles. The zero-order chi connectivity index (χ0) is 21.5. The Balaban J connectivity index is 1.69. The van der Waals surface area contributed by atoms with Crippen LogP contribution in [0.1, 0.15) is 70.4 Å². The third-order valence-electron chi connectivity index (χ3n) is 7.84. The van der Waals surface area contributed by atoms with Gasteiger partial charge in [-0.25, -0.2) is 0 Å². The summed E-state index contributed by atoms with van der Waals surface area (Å²) >= 11 is 0. The van der Waals surface area contributed by atoms with Crippen LogP contribution < -0.4 is 10.6 Å². The van der Waals surface area contributed by atoms with Crippen molar-refractivity contribution in [3.8, 4) is 0 Å². The fourth-order valence-electron chi connectivity index (χ4n) is 5.85. The lowest BCUT2D eigenvalue weighted by atomic mass is 9.74. The largest absolute Gasteiger partial charge is 0.372 e. The van der Waals surface area contributed by atoms with Gasteiger partial charge < -0.3 is 5.32 Å². The second kappa shape index (κ2) is 8.30. The number of allylic oxidation sites excluding steroid dienone is 1. The third-order valence-corrected chi connectivity index (χ3v) is 7.84. The molecule has 0 amide bonds. The van der Waals surface area contributed by atoms with E-state index in [0.717, 1.165) is 24.1 Å². The summed E-state index contributed by atoms with van der Waals surface area (Å²) in [5.41, 5.74) is 4.39. The Bertz CT molecular complexity index is 848. The number of Topliss-reactive ketones (excluding diaryl/α,β-unsaturated/α-hetero) is 2. The van der Waals surface area contributed by atoms with Crippen molar-refractivity contribution in [3.05, 3.63) is 46.7 Å². The molecule has 2 N–H and O–H groups in total. The lowest BCUT2D eigenvalue weighted by molar-refractivity contribution is -0.134. The summed E-state index contributed by atoms with van der Waals surface area (Å²) in [6.07, 6.45) is 7.38. The van der Waals surface area contributed by atoms with Crippen molar-refractivity contribution in [2.45, 2.75) is 84.3 Å². The molecule has 162 valence electrons. The van der Waals surface area contributed by atoms with Gasteiger partial charge in [-0.2, -0.15) is 0 Å². The van der Waals surface area contributed by atoms with Crippen LogP contribution >= 0.6 is 0 Å². The van der Waals surface area contributed by atoms with Crippen LogP contribution in [0.2, 0.25) is 0 Å². The summed E-state index contributed by atoms with van der Waals surface area (Å²) in [7, 11) is 0. The van der Waals surface area contributed by atoms with Crippen molar-refractivity contribution in [3.63, 3.8) is 0 Å². The highest BCUT2D eigenvalue weighted by Crippen LogP contribution is 2.42. The van der Waals surface area contributed by atoms with Crippen LogP contribution in [0.15, 0.2) is 35.5 Å². The van der Waals surface area contributed by atoms with Crippen LogP contribution in [-0.4, -0.2) is 23.3 Å². The van der Waals surface area contributed by atoms with Gasteiger partial charge in [-0.3, -0.25) is 14.9 Å². The topological polar surface area (TPSA) is 58.2 Å². The van der Waals surface area contributed by atoms with Gasteiger partial charge in [0.1, 0.15) is 0 Å². The van der Waals surface area contributed by atoms with Gasteiger partial charge >= 0.3 is 0 Å². The van der Waals surface area contributed by atoms with Gasteiger partial charge in [-0.05, 0) is 51.5 Å². The molecule has 0 aromatic heterocycles. The molecule has 4 heteroatoms. The summed E-state index contributed by atoms with van der Waals surface area (Å²) in [5, 5.41) is 7.59. The highest BCUT2D eigenvalue weighted by Gasteiger charge is 2.49. The molecule has 4 unspecified atom stereocenters. The predicted molar refractivity (Wildman–Crippen MR) is 120 cm³/mol. The molecule has 3 aliphatic rings. The molecule has 1 aromatic rings. The van der Waals surface area contributed by atoms with Crippen LogP contribution in [0.5, 0.6) is 0 Å². The van der Waals surface area contributed by atoms with Gasteiger partial charge in [0.15, 0.2) is 11.6 Å². The number of carbonyl (C=O) groups is 2. The molecule has 4 rings (SSSR count). The van der Waals surface area contributed by atoms with E-state index in [1.54, 1.807) is 0 Å². The minimum absolute atomic E-state index is 0.00385. The molecule has 0 saturated heterocycles. The summed E-state index contributed by atoms with van der Waals surface area (Å²) in [6.45, 7) is 8.29. The van der Waals surface area contributed by atoms with E-state index in [9.17, 15) is 9.59 Å². The Morgan fingerprint density at radius 1 is 1.10 bits per heavy atom. The Morgan fingerprint density at radius 2 is 1.77 bits per heavy atom. The average Bonchev–Trinajstić information content (AvgIpc) is 3.34. The Morgan fingerprint density at radius 3 is 2.37 bits per heavy atom. The monoisotopic (exact) mass is 408 g/mol. The zero-order valence-corrected chi connectivity index (χ0v) is 18.9. The summed E-state index contributed by atoms with van der Waals surface area (Å²) in [6, 6.07) is 8.64. The first-order chi connectivity index (χ1) is 14.4. The van der Waals surface area contributed by atoms with Crippen LogP contribution in [0, 0.1) is 24.7 Å². The predicted octanol–water partition coefficient (Wildman–Crippen LogP) is 4.46. The molecule has 30 heavy (non-hydrogen) atoms. The molecule has 1 aromatic carbocycles. The number of ketones is 2. The molecular formula is C26H36N2O2. The van der Waals surface area contributed by atoms with E-state index in [2.05, 4.69) is 48.7 Å². The molecule has 1 saturated carbocycles. The van der Waals surface area contributed by atoms with Crippen molar-refractivity contribution >= 4 is 11.6 Å². The third kappa shape index (κ3) is 3.64. The first-order valence-electron chi connectivity index (χ1n) is 11.8. The van der Waals surface area contributed by atoms with Crippen molar-refractivity contribution in [1.82, 2.24) is 10.6 Å². The minimum atomic E-state index is -0.480. The molecule has 4 nitrogen and oxygen atoms in total. The summed E-state index contributed by atoms with van der Waals surface area (Å²) in [5.74, 6) is -0.512. The number of aryl methyl sites for hydroxylation is 1. The maximum Gasteiger partial charge on any atom is 0.171 e. The van der Waals surface area contributed by atoms with Crippen molar-refractivity contribution in [2.24, 2.45) is 17.8 Å². The SMILES string of the molecule is CCC1C(=O)C2=C(NC(NC3(CC)CCCC3)C2Cc2ccc(C)cc2)C(C)C1=O. The van der Waals surface area contributed by atoms with Gasteiger partial charge in [-0.1, -0.05) is 56.5 Å². The van der Waals surface area contributed by atoms with Crippen LogP contribution in [0.4, 0.5) is 0 Å². The number of hydrogen-bond donors (Lipinski definition) is 2. The maximum absolute atomic E-state index is 13.4. The molecular weight excluding hydrogens is 372 g/mol. The maximum atomic E-state index is 13.4. The lowest BCUT2D eigenvalue weighted by Gasteiger charge is -2.36. The van der Waals surface area contributed by atoms with Crippen molar-refractivity contribution < 1.29 is 9.59 Å². The Hall–Kier alpha value is -1.94. The number of rotatable bonds is 6. The van der Waals surface area contributed by atoms with Gasteiger partial charge in [0.2, 0.25) is 0 Å². The van der Waals surface area contributed by atoms with Crippen molar-refractivity contribution in [2.75, 3.05) is 0 Å². The molecule has 2 aliphatic carbocycles. The second-order valence-electron chi connectivity index (χ2n) is 9.68. The Labute approximate surface area is 180 Å². The normalized spacial score (nSPS) is 30.5. The first-order valence-corrected chi connectivity index (χ1v) is 11.8. The highest BCUT2D eigenvalue weighted by molar-refractivity contribution is 6.15. The average molecular weight is 409 g/mol. The smallest absolute Gasteiger partial charge is 0.171 e. The van der Waals surface area contributed by atoms with Gasteiger partial charge in [0.05, 0.1) is 18.0 Å². The number of hydrogen-bond acceptors (Lipinski definition) is 4.